The van der Waals surface area contributed by atoms with Gasteiger partial charge in [0.1, 0.15) is 0 Å². The minimum atomic E-state index is -0.103. The van der Waals surface area contributed by atoms with Gasteiger partial charge in [0.05, 0.1) is 12.7 Å². The molecule has 1 aliphatic heterocycles. The molecule has 2 rings (SSSR count). The lowest BCUT2D eigenvalue weighted by Crippen LogP contribution is -2.47. The van der Waals surface area contributed by atoms with Crippen LogP contribution >= 0.6 is 0 Å². The highest BCUT2D eigenvalue weighted by Gasteiger charge is 2.20. The Morgan fingerprint density at radius 3 is 3.05 bits per heavy atom. The van der Waals surface area contributed by atoms with Gasteiger partial charge in [-0.1, -0.05) is 13.0 Å². The Bertz CT molecular complexity index is 476. The molecular weight excluding hydrogens is 254 g/mol. The SMILES string of the molecule is CCN1CCOC(CNC(=O)c2ccc(C)c(N)c2)C1. The van der Waals surface area contributed by atoms with Crippen molar-refractivity contribution in [1.29, 1.82) is 0 Å². The van der Waals surface area contributed by atoms with E-state index in [4.69, 9.17) is 10.5 Å². The Morgan fingerprint density at radius 2 is 2.35 bits per heavy atom. The van der Waals surface area contributed by atoms with Gasteiger partial charge in [-0.15, -0.1) is 0 Å². The number of amides is 1. The summed E-state index contributed by atoms with van der Waals surface area (Å²) in [5, 5.41) is 2.91. The number of nitrogens with one attached hydrogen (secondary N) is 1. The van der Waals surface area contributed by atoms with Crippen LogP contribution in [0.2, 0.25) is 0 Å². The number of likely N-dealkylation sites (N-methyl/N-ethyl adjacent to an activating group) is 1. The lowest BCUT2D eigenvalue weighted by Gasteiger charge is -2.32. The lowest BCUT2D eigenvalue weighted by atomic mass is 10.1. The summed E-state index contributed by atoms with van der Waals surface area (Å²) in [6.45, 7) is 8.17. The molecule has 5 nitrogen and oxygen atoms in total. The minimum Gasteiger partial charge on any atom is -0.398 e. The Morgan fingerprint density at radius 1 is 1.55 bits per heavy atom. The van der Waals surface area contributed by atoms with Crippen molar-refractivity contribution in [2.45, 2.75) is 20.0 Å². The molecule has 0 aromatic heterocycles. The van der Waals surface area contributed by atoms with Gasteiger partial charge in [0.2, 0.25) is 0 Å². The standard InChI is InChI=1S/C15H23N3O2/c1-3-18-6-7-20-13(10-18)9-17-15(19)12-5-4-11(2)14(16)8-12/h4-5,8,13H,3,6-7,9-10,16H2,1-2H3,(H,17,19). The third-order valence-electron chi connectivity index (χ3n) is 3.70. The number of hydrogen-bond donors (Lipinski definition) is 2. The zero-order valence-corrected chi connectivity index (χ0v) is 12.2. The summed E-state index contributed by atoms with van der Waals surface area (Å²) in [6.07, 6.45) is 0.0652. The average Bonchev–Trinajstić information content (AvgIpc) is 2.47. The number of rotatable bonds is 4. The number of hydrogen-bond acceptors (Lipinski definition) is 4. The monoisotopic (exact) mass is 277 g/mol. The number of aryl methyl sites for hydroxylation is 1. The van der Waals surface area contributed by atoms with E-state index in [9.17, 15) is 4.79 Å². The first-order valence-corrected chi connectivity index (χ1v) is 7.08. The highest BCUT2D eigenvalue weighted by molar-refractivity contribution is 5.95. The van der Waals surface area contributed by atoms with E-state index in [0.29, 0.717) is 17.8 Å². The van der Waals surface area contributed by atoms with Crippen LogP contribution in [0.5, 0.6) is 0 Å². The minimum absolute atomic E-state index is 0.0652. The van der Waals surface area contributed by atoms with Crippen molar-refractivity contribution in [2.24, 2.45) is 0 Å². The predicted molar refractivity (Wildman–Crippen MR) is 79.8 cm³/mol. The first kappa shape index (κ1) is 14.8. The van der Waals surface area contributed by atoms with Crippen LogP contribution in [0.1, 0.15) is 22.8 Å². The quantitative estimate of drug-likeness (QED) is 0.807. The van der Waals surface area contributed by atoms with E-state index >= 15 is 0 Å². The number of nitrogens with two attached hydrogens (primary N) is 1. The fourth-order valence-corrected chi connectivity index (χ4v) is 2.28. The molecular formula is C15H23N3O2. The van der Waals surface area contributed by atoms with Gasteiger partial charge >= 0.3 is 0 Å². The number of ether oxygens (including phenoxy) is 1. The number of nitrogen functional groups attached to an aromatic ring is 1. The molecule has 0 aliphatic carbocycles. The molecule has 1 aromatic rings. The van der Waals surface area contributed by atoms with E-state index in [1.165, 1.54) is 0 Å². The number of nitrogens with zero attached hydrogens (tertiary/aromatic N) is 1. The first-order chi connectivity index (χ1) is 9.60. The second kappa shape index (κ2) is 6.72. The summed E-state index contributed by atoms with van der Waals surface area (Å²) < 4.78 is 5.66. The third-order valence-corrected chi connectivity index (χ3v) is 3.70. The molecule has 20 heavy (non-hydrogen) atoms. The first-order valence-electron chi connectivity index (χ1n) is 7.08. The van der Waals surface area contributed by atoms with Gasteiger partial charge in [0, 0.05) is 30.9 Å². The second-order valence-corrected chi connectivity index (χ2v) is 5.17. The van der Waals surface area contributed by atoms with Crippen LogP contribution in [0.15, 0.2) is 18.2 Å². The number of benzene rings is 1. The van der Waals surface area contributed by atoms with Crippen LogP contribution in [-0.4, -0.2) is 49.7 Å². The lowest BCUT2D eigenvalue weighted by molar-refractivity contribution is -0.0246. The number of morpholine rings is 1. The van der Waals surface area contributed by atoms with E-state index in [0.717, 1.165) is 31.8 Å². The summed E-state index contributed by atoms with van der Waals surface area (Å²) in [4.78, 5) is 14.4. The van der Waals surface area contributed by atoms with E-state index in [2.05, 4.69) is 17.1 Å². The van der Waals surface area contributed by atoms with Gasteiger partial charge in [-0.05, 0) is 31.2 Å². The maximum absolute atomic E-state index is 12.1. The smallest absolute Gasteiger partial charge is 0.251 e. The van der Waals surface area contributed by atoms with Gasteiger partial charge in [-0.25, -0.2) is 0 Å². The molecule has 5 heteroatoms. The van der Waals surface area contributed by atoms with Crippen LogP contribution in [0.25, 0.3) is 0 Å². The van der Waals surface area contributed by atoms with Crippen molar-refractivity contribution in [3.05, 3.63) is 29.3 Å². The van der Waals surface area contributed by atoms with Crippen molar-refractivity contribution in [3.63, 3.8) is 0 Å². The van der Waals surface area contributed by atoms with Crippen LogP contribution in [-0.2, 0) is 4.74 Å². The fraction of sp³-hybridized carbons (Fsp3) is 0.533. The topological polar surface area (TPSA) is 67.6 Å². The van der Waals surface area contributed by atoms with Crippen LogP contribution in [0.3, 0.4) is 0 Å². The van der Waals surface area contributed by atoms with Crippen molar-refractivity contribution in [1.82, 2.24) is 10.2 Å². The van der Waals surface area contributed by atoms with Crippen molar-refractivity contribution < 1.29 is 9.53 Å². The molecule has 1 amide bonds. The molecule has 1 atom stereocenters. The fourth-order valence-electron chi connectivity index (χ4n) is 2.28. The Hall–Kier alpha value is -1.59. The molecule has 1 aliphatic rings. The molecule has 1 unspecified atom stereocenters. The highest BCUT2D eigenvalue weighted by Crippen LogP contribution is 2.13. The van der Waals surface area contributed by atoms with E-state index in [-0.39, 0.29) is 12.0 Å². The molecule has 1 saturated heterocycles. The molecule has 1 heterocycles. The number of anilines is 1. The van der Waals surface area contributed by atoms with Gasteiger partial charge in [0.15, 0.2) is 0 Å². The van der Waals surface area contributed by atoms with Crippen molar-refractivity contribution in [3.8, 4) is 0 Å². The van der Waals surface area contributed by atoms with Gasteiger partial charge in [-0.3, -0.25) is 9.69 Å². The molecule has 1 fully saturated rings. The number of carbonyl (C=O) groups excluding carboxylic acids is 1. The third kappa shape index (κ3) is 3.71. The Kier molecular flexibility index (Phi) is 4.98. The van der Waals surface area contributed by atoms with Crippen molar-refractivity contribution >= 4 is 11.6 Å². The zero-order chi connectivity index (χ0) is 14.5. The Labute approximate surface area is 120 Å². The normalized spacial score (nSPS) is 19.8. The van der Waals surface area contributed by atoms with Gasteiger partial charge < -0.3 is 15.8 Å². The van der Waals surface area contributed by atoms with Crippen LogP contribution in [0.4, 0.5) is 5.69 Å². The summed E-state index contributed by atoms with van der Waals surface area (Å²) in [7, 11) is 0. The molecule has 0 radical (unpaired) electrons. The zero-order valence-electron chi connectivity index (χ0n) is 12.2. The van der Waals surface area contributed by atoms with E-state index < -0.39 is 0 Å². The van der Waals surface area contributed by atoms with Gasteiger partial charge in [-0.2, -0.15) is 0 Å². The largest absolute Gasteiger partial charge is 0.398 e. The summed E-state index contributed by atoms with van der Waals surface area (Å²) >= 11 is 0. The highest BCUT2D eigenvalue weighted by atomic mass is 16.5. The molecule has 1 aromatic carbocycles. The molecule has 0 spiro atoms. The molecule has 110 valence electrons. The van der Waals surface area contributed by atoms with Crippen LogP contribution in [0, 0.1) is 6.92 Å². The van der Waals surface area contributed by atoms with E-state index in [1.54, 1.807) is 12.1 Å². The predicted octanol–water partition coefficient (Wildman–Crippen LogP) is 1.03. The van der Waals surface area contributed by atoms with Crippen molar-refractivity contribution in [2.75, 3.05) is 38.5 Å². The summed E-state index contributed by atoms with van der Waals surface area (Å²) in [6, 6.07) is 5.37. The maximum Gasteiger partial charge on any atom is 0.251 e. The molecule has 0 saturated carbocycles. The average molecular weight is 277 g/mol. The number of carbonyl (C=O) groups is 1. The summed E-state index contributed by atoms with van der Waals surface area (Å²) in [5.74, 6) is -0.103. The maximum atomic E-state index is 12.1. The van der Waals surface area contributed by atoms with Gasteiger partial charge in [0.25, 0.3) is 5.91 Å². The second-order valence-electron chi connectivity index (χ2n) is 5.17. The molecule has 0 bridgehead atoms. The summed E-state index contributed by atoms with van der Waals surface area (Å²) in [5.41, 5.74) is 8.04. The Balaban J connectivity index is 1.87. The molecule has 3 N–H and O–H groups in total. The van der Waals surface area contributed by atoms with Crippen LogP contribution < -0.4 is 11.1 Å². The van der Waals surface area contributed by atoms with E-state index in [1.807, 2.05) is 13.0 Å².